The maximum Gasteiger partial charge on any atom is 0.351 e. The van der Waals surface area contributed by atoms with Crippen LogP contribution in [0.2, 0.25) is 0 Å². The van der Waals surface area contributed by atoms with Gasteiger partial charge in [0, 0.05) is 33.0 Å². The molecule has 4 rings (SSSR count). The Morgan fingerprint density at radius 1 is 1.13 bits per heavy atom. The SMILES string of the molecule is Cn1c(=O)c(-c2noc(CCC(=O)N3CCOCC3)n2)nn(-c2ccccc2)c1=O. The second-order valence-electron chi connectivity index (χ2n) is 6.75. The normalized spacial score (nSPS) is 14.1. The maximum absolute atomic E-state index is 12.5. The van der Waals surface area contributed by atoms with Crippen molar-refractivity contribution in [2.75, 3.05) is 26.3 Å². The van der Waals surface area contributed by atoms with E-state index in [9.17, 15) is 14.4 Å². The number of rotatable bonds is 5. The summed E-state index contributed by atoms with van der Waals surface area (Å²) in [4.78, 5) is 43.2. The first kappa shape index (κ1) is 19.7. The molecule has 0 atom stereocenters. The van der Waals surface area contributed by atoms with Crippen molar-refractivity contribution < 1.29 is 14.1 Å². The molecule has 3 heterocycles. The van der Waals surface area contributed by atoms with E-state index in [0.29, 0.717) is 32.0 Å². The van der Waals surface area contributed by atoms with E-state index in [1.54, 1.807) is 35.2 Å². The zero-order valence-corrected chi connectivity index (χ0v) is 16.4. The van der Waals surface area contributed by atoms with Crippen molar-refractivity contribution in [1.82, 2.24) is 29.4 Å². The van der Waals surface area contributed by atoms with Gasteiger partial charge in [0.25, 0.3) is 5.56 Å². The van der Waals surface area contributed by atoms with Crippen LogP contribution in [-0.2, 0) is 23.0 Å². The summed E-state index contributed by atoms with van der Waals surface area (Å²) in [5.74, 6) is 0.159. The Morgan fingerprint density at radius 2 is 1.87 bits per heavy atom. The molecular formula is C19H20N6O5. The largest absolute Gasteiger partial charge is 0.378 e. The lowest BCUT2D eigenvalue weighted by molar-refractivity contribution is -0.135. The van der Waals surface area contributed by atoms with Gasteiger partial charge in [0.15, 0.2) is 5.69 Å². The average molecular weight is 412 g/mol. The minimum absolute atomic E-state index is 0.0234. The predicted octanol–water partition coefficient (Wildman–Crippen LogP) is -0.227. The van der Waals surface area contributed by atoms with E-state index < -0.39 is 11.2 Å². The van der Waals surface area contributed by atoms with Crippen molar-refractivity contribution in [3.8, 4) is 17.2 Å². The Kier molecular flexibility index (Phi) is 5.53. The fourth-order valence-corrected chi connectivity index (χ4v) is 3.09. The van der Waals surface area contributed by atoms with E-state index >= 15 is 0 Å². The van der Waals surface area contributed by atoms with Crippen molar-refractivity contribution in [3.05, 3.63) is 57.1 Å². The molecule has 1 amide bonds. The van der Waals surface area contributed by atoms with Crippen LogP contribution in [0.5, 0.6) is 0 Å². The standard InChI is InChI=1S/C19H20N6O5/c1-23-18(27)16(21-25(19(23)28)13-5-3-2-4-6-13)17-20-14(30-22-17)7-8-15(26)24-9-11-29-12-10-24/h2-6H,7-12H2,1H3. The van der Waals surface area contributed by atoms with Crippen LogP contribution >= 0.6 is 0 Å². The summed E-state index contributed by atoms with van der Waals surface area (Å²) in [5.41, 5.74) is -0.840. The topological polar surface area (TPSA) is 125 Å². The van der Waals surface area contributed by atoms with Crippen molar-refractivity contribution in [2.45, 2.75) is 12.8 Å². The molecule has 0 spiro atoms. The number of amides is 1. The molecule has 3 aromatic rings. The molecule has 1 aromatic carbocycles. The highest BCUT2D eigenvalue weighted by atomic mass is 16.5. The fraction of sp³-hybridized carbons (Fsp3) is 0.368. The third-order valence-electron chi connectivity index (χ3n) is 4.77. The van der Waals surface area contributed by atoms with Crippen LogP contribution in [0.1, 0.15) is 12.3 Å². The number of morpholine rings is 1. The molecule has 1 aliphatic rings. The van der Waals surface area contributed by atoms with Crippen molar-refractivity contribution in [2.24, 2.45) is 7.05 Å². The highest BCUT2D eigenvalue weighted by Crippen LogP contribution is 2.11. The molecule has 0 unspecified atom stereocenters. The van der Waals surface area contributed by atoms with Crippen LogP contribution in [0.3, 0.4) is 0 Å². The minimum Gasteiger partial charge on any atom is -0.378 e. The molecule has 156 valence electrons. The number of carbonyl (C=O) groups excluding carboxylic acids is 1. The molecule has 1 saturated heterocycles. The highest BCUT2D eigenvalue weighted by molar-refractivity contribution is 5.76. The van der Waals surface area contributed by atoms with Gasteiger partial charge in [-0.1, -0.05) is 23.4 Å². The zero-order valence-electron chi connectivity index (χ0n) is 16.4. The molecule has 11 nitrogen and oxygen atoms in total. The lowest BCUT2D eigenvalue weighted by atomic mass is 10.2. The first-order valence-corrected chi connectivity index (χ1v) is 9.49. The monoisotopic (exact) mass is 412 g/mol. The Morgan fingerprint density at radius 3 is 2.60 bits per heavy atom. The zero-order chi connectivity index (χ0) is 21.1. The quantitative estimate of drug-likeness (QED) is 0.563. The molecule has 0 radical (unpaired) electrons. The lowest BCUT2D eigenvalue weighted by Crippen LogP contribution is -2.40. The van der Waals surface area contributed by atoms with Gasteiger partial charge in [0.05, 0.1) is 18.9 Å². The van der Waals surface area contributed by atoms with Gasteiger partial charge in [-0.2, -0.15) is 14.8 Å². The van der Waals surface area contributed by atoms with Gasteiger partial charge in [0.1, 0.15) is 0 Å². The van der Waals surface area contributed by atoms with Gasteiger partial charge in [-0.3, -0.25) is 14.2 Å². The lowest BCUT2D eigenvalue weighted by Gasteiger charge is -2.26. The van der Waals surface area contributed by atoms with Crippen LogP contribution < -0.4 is 11.2 Å². The third-order valence-corrected chi connectivity index (χ3v) is 4.77. The molecular weight excluding hydrogens is 392 g/mol. The number of benzene rings is 1. The number of aryl methyl sites for hydroxylation is 1. The number of hydrogen-bond acceptors (Lipinski definition) is 8. The van der Waals surface area contributed by atoms with Crippen LogP contribution in [0, 0.1) is 0 Å². The summed E-state index contributed by atoms with van der Waals surface area (Å²) >= 11 is 0. The number of para-hydroxylation sites is 1. The summed E-state index contributed by atoms with van der Waals surface area (Å²) in [7, 11) is 1.36. The Balaban J connectivity index is 1.57. The van der Waals surface area contributed by atoms with Gasteiger partial charge >= 0.3 is 5.69 Å². The van der Waals surface area contributed by atoms with Crippen molar-refractivity contribution in [1.29, 1.82) is 0 Å². The van der Waals surface area contributed by atoms with Gasteiger partial charge < -0.3 is 14.2 Å². The van der Waals surface area contributed by atoms with E-state index in [1.807, 2.05) is 0 Å². The molecule has 11 heteroatoms. The van der Waals surface area contributed by atoms with Crippen LogP contribution in [-0.4, -0.2) is 61.6 Å². The molecule has 1 fully saturated rings. The van der Waals surface area contributed by atoms with E-state index in [4.69, 9.17) is 9.26 Å². The fourth-order valence-electron chi connectivity index (χ4n) is 3.09. The van der Waals surface area contributed by atoms with E-state index in [2.05, 4.69) is 15.2 Å². The highest BCUT2D eigenvalue weighted by Gasteiger charge is 2.21. The Bertz CT molecular complexity index is 1160. The Hall–Kier alpha value is -3.60. The molecule has 0 aliphatic carbocycles. The minimum atomic E-state index is -0.635. The average Bonchev–Trinajstić information content (AvgIpc) is 3.26. The predicted molar refractivity (Wildman–Crippen MR) is 104 cm³/mol. The van der Waals surface area contributed by atoms with Crippen molar-refractivity contribution >= 4 is 5.91 Å². The van der Waals surface area contributed by atoms with Crippen LogP contribution in [0.25, 0.3) is 17.2 Å². The summed E-state index contributed by atoms with van der Waals surface area (Å²) in [6.45, 7) is 2.19. The number of nitrogens with zero attached hydrogens (tertiary/aromatic N) is 6. The second kappa shape index (κ2) is 8.41. The molecule has 2 aromatic heterocycles. The smallest absolute Gasteiger partial charge is 0.351 e. The summed E-state index contributed by atoms with van der Waals surface area (Å²) < 4.78 is 12.5. The summed E-state index contributed by atoms with van der Waals surface area (Å²) in [6, 6.07) is 8.71. The summed E-state index contributed by atoms with van der Waals surface area (Å²) in [6.07, 6.45) is 0.443. The van der Waals surface area contributed by atoms with Crippen molar-refractivity contribution in [3.63, 3.8) is 0 Å². The maximum atomic E-state index is 12.5. The number of carbonyl (C=O) groups is 1. The van der Waals surface area contributed by atoms with Gasteiger partial charge in [-0.25, -0.2) is 4.79 Å². The number of ether oxygens (including phenoxy) is 1. The van der Waals surface area contributed by atoms with Crippen LogP contribution in [0.15, 0.2) is 44.4 Å². The van der Waals surface area contributed by atoms with Gasteiger partial charge in [-0.05, 0) is 12.1 Å². The Labute approximate surface area is 170 Å². The van der Waals surface area contributed by atoms with Gasteiger partial charge in [0.2, 0.25) is 17.6 Å². The second-order valence-corrected chi connectivity index (χ2v) is 6.75. The first-order valence-electron chi connectivity index (χ1n) is 9.49. The van der Waals surface area contributed by atoms with E-state index in [1.165, 1.54) is 7.05 Å². The van der Waals surface area contributed by atoms with E-state index in [-0.39, 0.29) is 36.2 Å². The number of hydrogen-bond donors (Lipinski definition) is 0. The van der Waals surface area contributed by atoms with Gasteiger partial charge in [-0.15, -0.1) is 0 Å². The molecule has 0 bridgehead atoms. The molecule has 0 saturated carbocycles. The molecule has 0 N–H and O–H groups in total. The summed E-state index contributed by atoms with van der Waals surface area (Å²) in [5, 5.41) is 7.97. The third kappa shape index (κ3) is 3.92. The molecule has 1 aliphatic heterocycles. The molecule has 30 heavy (non-hydrogen) atoms. The number of aromatic nitrogens is 5. The first-order chi connectivity index (χ1) is 14.5. The van der Waals surface area contributed by atoms with E-state index in [0.717, 1.165) is 9.25 Å². The van der Waals surface area contributed by atoms with Crippen LogP contribution in [0.4, 0.5) is 0 Å².